The molecule has 0 heterocycles. The summed E-state index contributed by atoms with van der Waals surface area (Å²) in [5.74, 6) is 1.61. The minimum Gasteiger partial charge on any atom is -0.494 e. The summed E-state index contributed by atoms with van der Waals surface area (Å²) in [4.78, 5) is 0. The van der Waals surface area contributed by atoms with Crippen LogP contribution in [0.4, 0.5) is 11.4 Å². The fourth-order valence-electron chi connectivity index (χ4n) is 2.22. The zero-order valence-corrected chi connectivity index (χ0v) is 10.9. The Balaban J connectivity index is 2.14. The van der Waals surface area contributed by atoms with Gasteiger partial charge in [0.2, 0.25) is 0 Å². The molecule has 2 rings (SSSR count). The molecule has 1 fully saturated rings. The molecule has 0 spiro atoms. The van der Waals surface area contributed by atoms with E-state index >= 15 is 0 Å². The number of benzene rings is 1. The van der Waals surface area contributed by atoms with Gasteiger partial charge in [0.25, 0.3) is 0 Å². The lowest BCUT2D eigenvalue weighted by molar-refractivity contribution is 0.340. The highest BCUT2D eigenvalue weighted by atomic mass is 16.5. The van der Waals surface area contributed by atoms with Gasteiger partial charge in [-0.2, -0.15) is 0 Å². The summed E-state index contributed by atoms with van der Waals surface area (Å²) in [5.41, 5.74) is 7.80. The fraction of sp³-hybridized carbons (Fsp3) is 0.571. The first kappa shape index (κ1) is 12.1. The first-order valence-electron chi connectivity index (χ1n) is 6.33. The second kappa shape index (κ2) is 4.47. The number of rotatable bonds is 5. The highest BCUT2D eigenvalue weighted by Gasteiger charge is 2.37. The molecule has 1 saturated carbocycles. The van der Waals surface area contributed by atoms with Crippen molar-refractivity contribution in [2.45, 2.75) is 39.2 Å². The van der Waals surface area contributed by atoms with Gasteiger partial charge in [0.05, 0.1) is 6.61 Å². The second-order valence-corrected chi connectivity index (χ2v) is 5.34. The Kier molecular flexibility index (Phi) is 3.18. The number of nitrogen functional groups attached to an aromatic ring is 1. The lowest BCUT2D eigenvalue weighted by Gasteiger charge is -2.28. The van der Waals surface area contributed by atoms with Crippen molar-refractivity contribution in [3.05, 3.63) is 18.2 Å². The molecule has 0 radical (unpaired) electrons. The van der Waals surface area contributed by atoms with Crippen molar-refractivity contribution < 1.29 is 4.74 Å². The summed E-state index contributed by atoms with van der Waals surface area (Å²) >= 11 is 0. The fourth-order valence-corrected chi connectivity index (χ4v) is 2.22. The van der Waals surface area contributed by atoms with Crippen LogP contribution in [-0.2, 0) is 0 Å². The average molecular weight is 234 g/mol. The highest BCUT2D eigenvalue weighted by Crippen LogP contribution is 2.41. The van der Waals surface area contributed by atoms with Gasteiger partial charge in [-0.05, 0) is 45.6 Å². The lowest BCUT2D eigenvalue weighted by atomic mass is 9.98. The number of anilines is 2. The second-order valence-electron chi connectivity index (χ2n) is 5.34. The van der Waals surface area contributed by atoms with Gasteiger partial charge in [0.15, 0.2) is 0 Å². The van der Waals surface area contributed by atoms with Gasteiger partial charge >= 0.3 is 0 Å². The molecule has 3 heteroatoms. The zero-order chi connectivity index (χ0) is 12.5. The number of nitrogens with two attached hydrogens (primary N) is 1. The summed E-state index contributed by atoms with van der Waals surface area (Å²) < 4.78 is 5.50. The molecule has 0 bridgehead atoms. The maximum absolute atomic E-state index is 5.88. The Hall–Kier alpha value is -1.38. The van der Waals surface area contributed by atoms with Crippen molar-refractivity contribution >= 4 is 11.4 Å². The molecule has 1 aromatic carbocycles. The van der Waals surface area contributed by atoms with Gasteiger partial charge in [-0.15, -0.1) is 0 Å². The number of hydrogen-bond donors (Lipinski definition) is 2. The Morgan fingerprint density at radius 1 is 1.35 bits per heavy atom. The molecule has 0 unspecified atom stereocenters. The van der Waals surface area contributed by atoms with Gasteiger partial charge in [-0.1, -0.05) is 0 Å². The maximum Gasteiger partial charge on any atom is 0.123 e. The first-order chi connectivity index (χ1) is 8.01. The smallest absolute Gasteiger partial charge is 0.123 e. The van der Waals surface area contributed by atoms with E-state index in [4.69, 9.17) is 10.5 Å². The minimum atomic E-state index is 0.136. The van der Waals surface area contributed by atoms with Crippen LogP contribution in [0.1, 0.15) is 33.6 Å². The maximum atomic E-state index is 5.88. The van der Waals surface area contributed by atoms with E-state index in [1.807, 2.05) is 25.1 Å². The van der Waals surface area contributed by atoms with Crippen LogP contribution in [0.25, 0.3) is 0 Å². The van der Waals surface area contributed by atoms with Gasteiger partial charge in [0, 0.05) is 29.0 Å². The van der Waals surface area contributed by atoms with Crippen LogP contribution in [0.3, 0.4) is 0 Å². The van der Waals surface area contributed by atoms with Gasteiger partial charge in [-0.25, -0.2) is 0 Å². The zero-order valence-electron chi connectivity index (χ0n) is 10.9. The third kappa shape index (κ3) is 3.05. The molecule has 3 nitrogen and oxygen atoms in total. The van der Waals surface area contributed by atoms with E-state index in [-0.39, 0.29) is 5.54 Å². The van der Waals surface area contributed by atoms with E-state index in [1.165, 1.54) is 12.8 Å². The van der Waals surface area contributed by atoms with Crippen molar-refractivity contribution in [2.75, 3.05) is 17.7 Å². The van der Waals surface area contributed by atoms with Crippen LogP contribution in [-0.4, -0.2) is 12.1 Å². The minimum absolute atomic E-state index is 0.136. The molecule has 3 N–H and O–H groups in total. The van der Waals surface area contributed by atoms with Crippen LogP contribution in [0.5, 0.6) is 5.75 Å². The Labute approximate surface area is 103 Å². The summed E-state index contributed by atoms with van der Waals surface area (Å²) in [6.07, 6.45) is 2.64. The van der Waals surface area contributed by atoms with Crippen LogP contribution < -0.4 is 15.8 Å². The van der Waals surface area contributed by atoms with Gasteiger partial charge in [-0.3, -0.25) is 0 Å². The average Bonchev–Trinajstić information content (AvgIpc) is 2.98. The van der Waals surface area contributed by atoms with Gasteiger partial charge < -0.3 is 15.8 Å². The molecule has 0 saturated heterocycles. The third-order valence-electron chi connectivity index (χ3n) is 3.30. The third-order valence-corrected chi connectivity index (χ3v) is 3.30. The van der Waals surface area contributed by atoms with Crippen molar-refractivity contribution in [1.82, 2.24) is 0 Å². The van der Waals surface area contributed by atoms with Crippen LogP contribution >= 0.6 is 0 Å². The lowest BCUT2D eigenvalue weighted by Crippen LogP contribution is -2.33. The van der Waals surface area contributed by atoms with E-state index in [2.05, 4.69) is 19.2 Å². The van der Waals surface area contributed by atoms with Crippen LogP contribution in [0, 0.1) is 5.92 Å². The van der Waals surface area contributed by atoms with Crippen molar-refractivity contribution in [1.29, 1.82) is 0 Å². The molecule has 1 aliphatic carbocycles. The number of hydrogen-bond acceptors (Lipinski definition) is 3. The molecule has 17 heavy (non-hydrogen) atoms. The Morgan fingerprint density at radius 3 is 2.65 bits per heavy atom. The van der Waals surface area contributed by atoms with E-state index in [9.17, 15) is 0 Å². The predicted molar refractivity (Wildman–Crippen MR) is 72.4 cm³/mol. The predicted octanol–water partition coefficient (Wildman–Crippen LogP) is 3.27. The molecule has 0 amide bonds. The van der Waals surface area contributed by atoms with E-state index in [1.54, 1.807) is 0 Å². The molecular formula is C14H22N2O. The Morgan fingerprint density at radius 2 is 2.06 bits per heavy atom. The van der Waals surface area contributed by atoms with Crippen LogP contribution in [0.15, 0.2) is 18.2 Å². The Bertz CT molecular complexity index is 397. The number of ether oxygens (including phenoxy) is 1. The molecule has 0 aromatic heterocycles. The standard InChI is InChI=1S/C14H22N2O/c1-4-17-13-8-11(15)7-12(9-13)16-14(2,3)10-5-6-10/h7-10,16H,4-6,15H2,1-3H3. The summed E-state index contributed by atoms with van der Waals surface area (Å²) in [6, 6.07) is 5.84. The molecule has 0 atom stereocenters. The van der Waals surface area contributed by atoms with Crippen molar-refractivity contribution in [3.63, 3.8) is 0 Å². The van der Waals surface area contributed by atoms with Gasteiger partial charge in [0.1, 0.15) is 5.75 Å². The van der Waals surface area contributed by atoms with Crippen LogP contribution in [0.2, 0.25) is 0 Å². The molecule has 1 aromatic rings. The summed E-state index contributed by atoms with van der Waals surface area (Å²) in [5, 5.41) is 3.56. The molecule has 0 aliphatic heterocycles. The monoisotopic (exact) mass is 234 g/mol. The number of nitrogens with one attached hydrogen (secondary N) is 1. The first-order valence-corrected chi connectivity index (χ1v) is 6.33. The quantitative estimate of drug-likeness (QED) is 0.769. The van der Waals surface area contributed by atoms with E-state index in [0.717, 1.165) is 23.0 Å². The molecule has 1 aliphatic rings. The highest BCUT2D eigenvalue weighted by molar-refractivity contribution is 5.60. The largest absolute Gasteiger partial charge is 0.494 e. The summed E-state index contributed by atoms with van der Waals surface area (Å²) in [6.45, 7) is 7.13. The SMILES string of the molecule is CCOc1cc(N)cc(NC(C)(C)C2CC2)c1. The molecular weight excluding hydrogens is 212 g/mol. The van der Waals surface area contributed by atoms with E-state index < -0.39 is 0 Å². The molecule has 94 valence electrons. The van der Waals surface area contributed by atoms with Crippen molar-refractivity contribution in [3.8, 4) is 5.75 Å². The van der Waals surface area contributed by atoms with Crippen molar-refractivity contribution in [2.24, 2.45) is 5.92 Å². The normalized spacial score (nSPS) is 15.7. The topological polar surface area (TPSA) is 47.3 Å². The summed E-state index contributed by atoms with van der Waals surface area (Å²) in [7, 11) is 0. The van der Waals surface area contributed by atoms with E-state index in [0.29, 0.717) is 6.61 Å².